The summed E-state index contributed by atoms with van der Waals surface area (Å²) in [5, 5.41) is 0. The van der Waals surface area contributed by atoms with Gasteiger partial charge in [0, 0.05) is 45.0 Å². The predicted octanol–water partition coefficient (Wildman–Crippen LogP) is 3.20. The Morgan fingerprint density at radius 3 is 2.03 bits per heavy atom. The number of rotatable bonds is 5. The first kappa shape index (κ1) is 19.8. The first-order valence-corrected chi connectivity index (χ1v) is 10.1. The van der Waals surface area contributed by atoms with E-state index in [0.29, 0.717) is 44.0 Å². The van der Waals surface area contributed by atoms with Crippen molar-refractivity contribution in [1.29, 1.82) is 0 Å². The molecule has 30 heavy (non-hydrogen) atoms. The molecule has 0 atom stereocenters. The minimum atomic E-state index is -0.0180. The third kappa shape index (κ3) is 4.38. The lowest BCUT2D eigenvalue weighted by atomic mass is 10.1. The van der Waals surface area contributed by atoms with Crippen LogP contribution in [-0.2, 0) is 13.7 Å². The van der Waals surface area contributed by atoms with Crippen LogP contribution in [-0.4, -0.2) is 52.4 Å². The highest BCUT2D eigenvalue weighted by molar-refractivity contribution is 5.95. The van der Waals surface area contributed by atoms with E-state index in [1.807, 2.05) is 72.4 Å². The third-order valence-electron chi connectivity index (χ3n) is 5.37. The summed E-state index contributed by atoms with van der Waals surface area (Å²) in [4.78, 5) is 29.1. The second-order valence-electron chi connectivity index (χ2n) is 7.39. The Kier molecular flexibility index (Phi) is 5.84. The molecule has 2 aromatic carbocycles. The Balaban J connectivity index is 1.30. The lowest BCUT2D eigenvalue weighted by Crippen LogP contribution is -2.50. The number of carbonyl (C=O) groups excluding carboxylic acids is 2. The van der Waals surface area contributed by atoms with Gasteiger partial charge in [-0.2, -0.15) is 0 Å². The second kappa shape index (κ2) is 8.86. The van der Waals surface area contributed by atoms with E-state index in [1.54, 1.807) is 21.9 Å². The Morgan fingerprint density at radius 1 is 0.800 bits per heavy atom. The molecular formula is C24H25N3O3. The number of piperazine rings is 1. The fraction of sp³-hybridized carbons (Fsp3) is 0.250. The smallest absolute Gasteiger partial charge is 0.270 e. The molecular weight excluding hydrogens is 378 g/mol. The van der Waals surface area contributed by atoms with Crippen LogP contribution in [0.15, 0.2) is 72.9 Å². The van der Waals surface area contributed by atoms with Crippen LogP contribution < -0.4 is 4.74 Å². The highest BCUT2D eigenvalue weighted by Gasteiger charge is 2.26. The van der Waals surface area contributed by atoms with E-state index in [-0.39, 0.29) is 11.8 Å². The minimum Gasteiger partial charge on any atom is -0.489 e. The summed E-state index contributed by atoms with van der Waals surface area (Å²) < 4.78 is 7.61. The van der Waals surface area contributed by atoms with Gasteiger partial charge >= 0.3 is 0 Å². The third-order valence-corrected chi connectivity index (χ3v) is 5.37. The summed E-state index contributed by atoms with van der Waals surface area (Å²) in [6.45, 7) is 2.62. The van der Waals surface area contributed by atoms with Gasteiger partial charge in [-0.15, -0.1) is 0 Å². The Bertz CT molecular complexity index is 1000. The highest BCUT2D eigenvalue weighted by atomic mass is 16.5. The van der Waals surface area contributed by atoms with Gasteiger partial charge in [0.1, 0.15) is 18.1 Å². The van der Waals surface area contributed by atoms with E-state index in [4.69, 9.17) is 4.74 Å². The van der Waals surface area contributed by atoms with Crippen molar-refractivity contribution < 1.29 is 14.3 Å². The van der Waals surface area contributed by atoms with Crippen molar-refractivity contribution in [2.75, 3.05) is 26.2 Å². The molecule has 4 rings (SSSR count). The summed E-state index contributed by atoms with van der Waals surface area (Å²) in [5.41, 5.74) is 2.39. The molecule has 1 aromatic heterocycles. The number of ether oxygens (including phenoxy) is 1. The molecule has 6 nitrogen and oxygen atoms in total. The molecule has 0 spiro atoms. The molecule has 0 bridgehead atoms. The zero-order valence-corrected chi connectivity index (χ0v) is 17.0. The van der Waals surface area contributed by atoms with Gasteiger partial charge in [-0.05, 0) is 42.0 Å². The molecule has 0 unspecified atom stereocenters. The zero-order valence-electron chi connectivity index (χ0n) is 17.0. The number of aryl methyl sites for hydroxylation is 1. The standard InChI is InChI=1S/C24H25N3O3/c1-25-13-5-8-22(25)24(29)27-16-14-26(15-17-27)23(28)20-9-11-21(12-10-20)30-18-19-6-3-2-4-7-19/h2-13H,14-18H2,1H3. The average molecular weight is 403 g/mol. The highest BCUT2D eigenvalue weighted by Crippen LogP contribution is 2.17. The molecule has 0 aliphatic carbocycles. The number of aromatic nitrogens is 1. The second-order valence-corrected chi connectivity index (χ2v) is 7.39. The molecule has 1 aliphatic heterocycles. The predicted molar refractivity (Wildman–Crippen MR) is 114 cm³/mol. The summed E-state index contributed by atoms with van der Waals surface area (Å²) in [5.74, 6) is 0.721. The van der Waals surface area contributed by atoms with E-state index in [1.165, 1.54) is 0 Å². The minimum absolute atomic E-state index is 0.00881. The van der Waals surface area contributed by atoms with Crippen LogP contribution >= 0.6 is 0 Å². The van der Waals surface area contributed by atoms with Gasteiger partial charge < -0.3 is 19.1 Å². The molecule has 1 saturated heterocycles. The van der Waals surface area contributed by atoms with Crippen molar-refractivity contribution in [1.82, 2.24) is 14.4 Å². The van der Waals surface area contributed by atoms with Gasteiger partial charge in [0.2, 0.25) is 0 Å². The van der Waals surface area contributed by atoms with Gasteiger partial charge in [0.05, 0.1) is 0 Å². The van der Waals surface area contributed by atoms with Crippen LogP contribution in [0, 0.1) is 0 Å². The summed E-state index contributed by atoms with van der Waals surface area (Å²) in [7, 11) is 1.86. The normalized spacial score (nSPS) is 13.9. The fourth-order valence-corrected chi connectivity index (χ4v) is 3.58. The maximum absolute atomic E-state index is 12.8. The summed E-state index contributed by atoms with van der Waals surface area (Å²) in [6.07, 6.45) is 1.86. The monoisotopic (exact) mass is 403 g/mol. The fourth-order valence-electron chi connectivity index (χ4n) is 3.58. The van der Waals surface area contributed by atoms with E-state index < -0.39 is 0 Å². The number of carbonyl (C=O) groups is 2. The lowest BCUT2D eigenvalue weighted by molar-refractivity contribution is 0.0530. The van der Waals surface area contributed by atoms with Crippen LogP contribution in [0.25, 0.3) is 0 Å². The molecule has 2 amide bonds. The lowest BCUT2D eigenvalue weighted by Gasteiger charge is -2.34. The largest absolute Gasteiger partial charge is 0.489 e. The van der Waals surface area contributed by atoms with E-state index >= 15 is 0 Å². The van der Waals surface area contributed by atoms with Crippen LogP contribution in [0.3, 0.4) is 0 Å². The quantitative estimate of drug-likeness (QED) is 0.657. The zero-order chi connectivity index (χ0) is 20.9. The number of benzene rings is 2. The molecule has 6 heteroatoms. The average Bonchev–Trinajstić information content (AvgIpc) is 3.23. The van der Waals surface area contributed by atoms with Gasteiger partial charge in [-0.3, -0.25) is 9.59 Å². The van der Waals surface area contributed by atoms with E-state index in [9.17, 15) is 9.59 Å². The van der Waals surface area contributed by atoms with E-state index in [0.717, 1.165) is 11.3 Å². The van der Waals surface area contributed by atoms with Gasteiger partial charge in [0.15, 0.2) is 0 Å². The summed E-state index contributed by atoms with van der Waals surface area (Å²) >= 11 is 0. The van der Waals surface area contributed by atoms with Crippen molar-refractivity contribution in [3.63, 3.8) is 0 Å². The maximum Gasteiger partial charge on any atom is 0.270 e. The topological polar surface area (TPSA) is 54.8 Å². The molecule has 1 fully saturated rings. The molecule has 154 valence electrons. The number of hydrogen-bond donors (Lipinski definition) is 0. The number of nitrogens with zero attached hydrogens (tertiary/aromatic N) is 3. The molecule has 0 saturated carbocycles. The molecule has 3 aromatic rings. The van der Waals surface area contributed by atoms with Crippen molar-refractivity contribution in [2.45, 2.75) is 6.61 Å². The molecule has 0 radical (unpaired) electrons. The molecule has 2 heterocycles. The number of amides is 2. The Morgan fingerprint density at radius 2 is 1.43 bits per heavy atom. The van der Waals surface area contributed by atoms with Crippen molar-refractivity contribution >= 4 is 11.8 Å². The first-order valence-electron chi connectivity index (χ1n) is 10.1. The van der Waals surface area contributed by atoms with Gasteiger partial charge in [-0.1, -0.05) is 30.3 Å². The Hall–Kier alpha value is -3.54. The van der Waals surface area contributed by atoms with Crippen molar-refractivity contribution in [3.8, 4) is 5.75 Å². The van der Waals surface area contributed by atoms with Crippen LogP contribution in [0.2, 0.25) is 0 Å². The van der Waals surface area contributed by atoms with Gasteiger partial charge in [-0.25, -0.2) is 0 Å². The SMILES string of the molecule is Cn1cccc1C(=O)N1CCN(C(=O)c2ccc(OCc3ccccc3)cc2)CC1. The maximum atomic E-state index is 12.8. The van der Waals surface area contributed by atoms with Crippen LogP contribution in [0.4, 0.5) is 0 Å². The molecule has 0 N–H and O–H groups in total. The first-order chi connectivity index (χ1) is 14.6. The van der Waals surface area contributed by atoms with Gasteiger partial charge in [0.25, 0.3) is 11.8 Å². The molecule has 1 aliphatic rings. The van der Waals surface area contributed by atoms with Crippen LogP contribution in [0.1, 0.15) is 26.4 Å². The van der Waals surface area contributed by atoms with Crippen molar-refractivity contribution in [2.24, 2.45) is 7.05 Å². The number of hydrogen-bond acceptors (Lipinski definition) is 3. The Labute approximate surface area is 176 Å². The van der Waals surface area contributed by atoms with E-state index in [2.05, 4.69) is 0 Å². The summed E-state index contributed by atoms with van der Waals surface area (Å²) in [6, 6.07) is 20.9. The van der Waals surface area contributed by atoms with Crippen molar-refractivity contribution in [3.05, 3.63) is 89.7 Å². The van der Waals surface area contributed by atoms with Crippen LogP contribution in [0.5, 0.6) is 5.75 Å².